The standard InChI is InChI=1S/C22H32N2O2/c25-22(14-19-12-20-6-7-21(13-19)23-20)24(15-17-4-2-1-3-5-17)16-18-8-10-26-11-9-18/h1-5,18-21,23H,6-16H2. The molecule has 142 valence electrons. The Morgan fingerprint density at radius 1 is 1.00 bits per heavy atom. The average Bonchev–Trinajstić information content (AvgIpc) is 3.01. The van der Waals surface area contributed by atoms with Crippen LogP contribution >= 0.6 is 0 Å². The molecule has 2 bridgehead atoms. The van der Waals surface area contributed by atoms with Crippen LogP contribution in [-0.4, -0.2) is 42.6 Å². The highest BCUT2D eigenvalue weighted by Crippen LogP contribution is 2.33. The van der Waals surface area contributed by atoms with E-state index in [1.54, 1.807) is 0 Å². The van der Waals surface area contributed by atoms with Gasteiger partial charge in [-0.1, -0.05) is 30.3 Å². The quantitative estimate of drug-likeness (QED) is 0.850. The van der Waals surface area contributed by atoms with Gasteiger partial charge in [0.2, 0.25) is 5.91 Å². The van der Waals surface area contributed by atoms with Crippen molar-refractivity contribution in [2.24, 2.45) is 11.8 Å². The molecule has 3 fully saturated rings. The summed E-state index contributed by atoms with van der Waals surface area (Å²) in [5.74, 6) is 1.50. The summed E-state index contributed by atoms with van der Waals surface area (Å²) in [6.45, 7) is 3.31. The summed E-state index contributed by atoms with van der Waals surface area (Å²) in [6.07, 6.45) is 7.84. The second-order valence-corrected chi connectivity index (χ2v) is 8.50. The SMILES string of the molecule is O=C(CC1CC2CCC(C1)N2)N(Cc1ccccc1)CC1CCOCC1. The highest BCUT2D eigenvalue weighted by molar-refractivity contribution is 5.76. The van der Waals surface area contributed by atoms with Gasteiger partial charge in [-0.05, 0) is 55.9 Å². The number of piperidine rings is 1. The lowest BCUT2D eigenvalue weighted by Gasteiger charge is -2.33. The number of fused-ring (bicyclic) bond motifs is 2. The van der Waals surface area contributed by atoms with Crippen molar-refractivity contribution >= 4 is 5.91 Å². The Kier molecular flexibility index (Phi) is 5.91. The molecule has 1 aromatic rings. The fourth-order valence-electron chi connectivity index (χ4n) is 5.02. The number of benzene rings is 1. The fourth-order valence-corrected chi connectivity index (χ4v) is 5.02. The molecule has 0 spiro atoms. The maximum absolute atomic E-state index is 13.2. The van der Waals surface area contributed by atoms with Crippen LogP contribution in [0.15, 0.2) is 30.3 Å². The molecule has 0 radical (unpaired) electrons. The third kappa shape index (κ3) is 4.66. The number of hydrogen-bond acceptors (Lipinski definition) is 3. The average molecular weight is 357 g/mol. The highest BCUT2D eigenvalue weighted by Gasteiger charge is 2.35. The van der Waals surface area contributed by atoms with Crippen LogP contribution in [0.5, 0.6) is 0 Å². The van der Waals surface area contributed by atoms with Crippen molar-refractivity contribution in [1.29, 1.82) is 0 Å². The van der Waals surface area contributed by atoms with Crippen molar-refractivity contribution in [2.75, 3.05) is 19.8 Å². The van der Waals surface area contributed by atoms with Crippen molar-refractivity contribution in [3.63, 3.8) is 0 Å². The van der Waals surface area contributed by atoms with Gasteiger partial charge in [0.15, 0.2) is 0 Å². The fraction of sp³-hybridized carbons (Fsp3) is 0.682. The zero-order valence-electron chi connectivity index (χ0n) is 15.7. The van der Waals surface area contributed by atoms with Crippen LogP contribution < -0.4 is 5.32 Å². The molecule has 0 aromatic heterocycles. The third-order valence-electron chi connectivity index (χ3n) is 6.42. The van der Waals surface area contributed by atoms with Crippen LogP contribution in [0.2, 0.25) is 0 Å². The zero-order valence-corrected chi connectivity index (χ0v) is 15.7. The van der Waals surface area contributed by atoms with E-state index < -0.39 is 0 Å². The van der Waals surface area contributed by atoms with Gasteiger partial charge in [-0.25, -0.2) is 0 Å². The molecule has 0 aliphatic carbocycles. The van der Waals surface area contributed by atoms with Crippen LogP contribution in [0, 0.1) is 11.8 Å². The first kappa shape index (κ1) is 18.0. The number of hydrogen-bond donors (Lipinski definition) is 1. The molecule has 3 heterocycles. The number of rotatable bonds is 6. The molecule has 26 heavy (non-hydrogen) atoms. The first-order chi connectivity index (χ1) is 12.8. The van der Waals surface area contributed by atoms with Gasteiger partial charge in [-0.2, -0.15) is 0 Å². The monoisotopic (exact) mass is 356 g/mol. The molecule has 4 rings (SSSR count). The molecule has 1 amide bonds. The minimum atomic E-state index is 0.353. The lowest BCUT2D eigenvalue weighted by atomic mass is 9.89. The maximum atomic E-state index is 13.2. The lowest BCUT2D eigenvalue weighted by molar-refractivity contribution is -0.134. The van der Waals surface area contributed by atoms with Crippen LogP contribution in [0.1, 0.15) is 50.5 Å². The Morgan fingerprint density at radius 3 is 2.38 bits per heavy atom. The molecule has 1 N–H and O–H groups in total. The molecule has 2 unspecified atom stereocenters. The predicted octanol–water partition coefficient (Wildman–Crippen LogP) is 3.36. The van der Waals surface area contributed by atoms with Crippen molar-refractivity contribution in [3.8, 4) is 0 Å². The molecule has 4 nitrogen and oxygen atoms in total. The summed E-state index contributed by atoms with van der Waals surface area (Å²) >= 11 is 0. The molecule has 0 saturated carbocycles. The minimum absolute atomic E-state index is 0.353. The maximum Gasteiger partial charge on any atom is 0.223 e. The molecular weight excluding hydrogens is 324 g/mol. The van der Waals surface area contributed by atoms with Crippen molar-refractivity contribution in [2.45, 2.75) is 63.6 Å². The van der Waals surface area contributed by atoms with E-state index in [1.807, 2.05) is 6.07 Å². The number of ether oxygens (including phenoxy) is 1. The van der Waals surface area contributed by atoms with Crippen LogP contribution in [0.3, 0.4) is 0 Å². The number of carbonyl (C=O) groups excluding carboxylic acids is 1. The van der Waals surface area contributed by atoms with Gasteiger partial charge in [0.1, 0.15) is 0 Å². The summed E-state index contributed by atoms with van der Waals surface area (Å²) in [6, 6.07) is 11.8. The molecule has 2 atom stereocenters. The zero-order chi connectivity index (χ0) is 17.8. The van der Waals surface area contributed by atoms with E-state index in [0.717, 1.165) is 45.6 Å². The van der Waals surface area contributed by atoms with Crippen LogP contribution in [-0.2, 0) is 16.1 Å². The molecule has 4 heteroatoms. The molecule has 3 aliphatic heterocycles. The summed E-state index contributed by atoms with van der Waals surface area (Å²) in [4.78, 5) is 15.3. The smallest absolute Gasteiger partial charge is 0.223 e. The number of amides is 1. The van der Waals surface area contributed by atoms with E-state index in [-0.39, 0.29) is 0 Å². The Bertz CT molecular complexity index is 573. The predicted molar refractivity (Wildman–Crippen MR) is 103 cm³/mol. The van der Waals surface area contributed by atoms with E-state index in [1.165, 1.54) is 31.2 Å². The van der Waals surface area contributed by atoms with Crippen molar-refractivity contribution < 1.29 is 9.53 Å². The Hall–Kier alpha value is -1.39. The van der Waals surface area contributed by atoms with Gasteiger partial charge in [0.25, 0.3) is 0 Å². The number of nitrogens with one attached hydrogen (secondary N) is 1. The van der Waals surface area contributed by atoms with Gasteiger partial charge in [-0.3, -0.25) is 4.79 Å². The molecule has 1 aromatic carbocycles. The topological polar surface area (TPSA) is 41.6 Å². The van der Waals surface area contributed by atoms with Gasteiger partial charge < -0.3 is 15.0 Å². The largest absolute Gasteiger partial charge is 0.381 e. The third-order valence-corrected chi connectivity index (χ3v) is 6.42. The van der Waals surface area contributed by atoms with E-state index in [2.05, 4.69) is 34.5 Å². The first-order valence-electron chi connectivity index (χ1n) is 10.4. The first-order valence-corrected chi connectivity index (χ1v) is 10.4. The van der Waals surface area contributed by atoms with E-state index in [0.29, 0.717) is 29.8 Å². The highest BCUT2D eigenvalue weighted by atomic mass is 16.5. The Labute approximate surface area is 157 Å². The summed E-state index contributed by atoms with van der Waals surface area (Å²) in [5, 5.41) is 3.69. The van der Waals surface area contributed by atoms with Crippen LogP contribution in [0.25, 0.3) is 0 Å². The minimum Gasteiger partial charge on any atom is -0.381 e. The van der Waals surface area contributed by atoms with Crippen molar-refractivity contribution in [1.82, 2.24) is 10.2 Å². The Balaban J connectivity index is 1.39. The number of nitrogens with zero attached hydrogens (tertiary/aromatic N) is 1. The van der Waals surface area contributed by atoms with Gasteiger partial charge in [0.05, 0.1) is 0 Å². The van der Waals surface area contributed by atoms with Gasteiger partial charge in [0, 0.05) is 44.8 Å². The van der Waals surface area contributed by atoms with E-state index in [9.17, 15) is 4.79 Å². The molecule has 3 aliphatic rings. The summed E-state index contributed by atoms with van der Waals surface area (Å²) in [7, 11) is 0. The summed E-state index contributed by atoms with van der Waals surface area (Å²) < 4.78 is 5.50. The van der Waals surface area contributed by atoms with Gasteiger partial charge >= 0.3 is 0 Å². The van der Waals surface area contributed by atoms with E-state index in [4.69, 9.17) is 4.74 Å². The second-order valence-electron chi connectivity index (χ2n) is 8.50. The van der Waals surface area contributed by atoms with Gasteiger partial charge in [-0.15, -0.1) is 0 Å². The lowest BCUT2D eigenvalue weighted by Crippen LogP contribution is -2.41. The van der Waals surface area contributed by atoms with E-state index >= 15 is 0 Å². The Morgan fingerprint density at radius 2 is 1.69 bits per heavy atom. The summed E-state index contributed by atoms with van der Waals surface area (Å²) in [5.41, 5.74) is 1.23. The second kappa shape index (κ2) is 8.53. The number of carbonyl (C=O) groups is 1. The normalized spacial score (nSPS) is 28.8. The van der Waals surface area contributed by atoms with Crippen LogP contribution in [0.4, 0.5) is 0 Å². The molecular formula is C22H32N2O2. The molecule has 3 saturated heterocycles. The van der Waals surface area contributed by atoms with Crippen molar-refractivity contribution in [3.05, 3.63) is 35.9 Å².